The predicted molar refractivity (Wildman–Crippen MR) is 80.9 cm³/mol. The number of hydrogen-bond acceptors (Lipinski definition) is 2. The summed E-state index contributed by atoms with van der Waals surface area (Å²) >= 11 is 0. The molecule has 0 N–H and O–H groups in total. The number of nitriles is 1. The molecule has 0 spiro atoms. The maximum Gasteiger partial charge on any atom is 0.0991 e. The fraction of sp³-hybridized carbons (Fsp3) is 0.588. The molecule has 1 aromatic carbocycles. The fourth-order valence-corrected chi connectivity index (χ4v) is 2.40. The van der Waals surface area contributed by atoms with Crippen molar-refractivity contribution >= 4 is 0 Å². The van der Waals surface area contributed by atoms with Gasteiger partial charge in [-0.1, -0.05) is 39.7 Å². The lowest BCUT2D eigenvalue weighted by atomic mass is 10.0. The van der Waals surface area contributed by atoms with Gasteiger partial charge in [-0.15, -0.1) is 0 Å². The summed E-state index contributed by atoms with van der Waals surface area (Å²) in [5, 5.41) is 8.90. The second-order valence-electron chi connectivity index (χ2n) is 5.26. The molecule has 0 atom stereocenters. The van der Waals surface area contributed by atoms with Crippen LogP contribution in [-0.4, -0.2) is 18.0 Å². The van der Waals surface area contributed by atoms with Gasteiger partial charge in [0.1, 0.15) is 0 Å². The van der Waals surface area contributed by atoms with Crippen molar-refractivity contribution in [2.45, 2.75) is 47.1 Å². The third-order valence-corrected chi connectivity index (χ3v) is 3.98. The molecule has 0 amide bonds. The zero-order valence-electron chi connectivity index (χ0n) is 12.7. The van der Waals surface area contributed by atoms with E-state index < -0.39 is 0 Å². The van der Waals surface area contributed by atoms with Gasteiger partial charge in [0.2, 0.25) is 0 Å². The van der Waals surface area contributed by atoms with Crippen LogP contribution < -0.4 is 0 Å². The maximum atomic E-state index is 8.90. The monoisotopic (exact) mass is 258 g/mol. The molecule has 0 saturated carbocycles. The largest absolute Gasteiger partial charge is 0.299 e. The van der Waals surface area contributed by atoms with Gasteiger partial charge >= 0.3 is 0 Å². The number of hydrogen-bond donors (Lipinski definition) is 0. The Balaban J connectivity index is 2.73. The van der Waals surface area contributed by atoms with E-state index in [0.717, 1.165) is 24.6 Å². The molecule has 0 bridgehead atoms. The zero-order valence-corrected chi connectivity index (χ0v) is 12.7. The van der Waals surface area contributed by atoms with Crippen molar-refractivity contribution in [2.75, 3.05) is 13.1 Å². The van der Waals surface area contributed by atoms with E-state index in [9.17, 15) is 0 Å². The molecule has 0 aromatic heterocycles. The Hall–Kier alpha value is -1.33. The average Bonchev–Trinajstić information content (AvgIpc) is 2.44. The molecule has 104 valence electrons. The second kappa shape index (κ2) is 7.96. The second-order valence-corrected chi connectivity index (χ2v) is 5.26. The summed E-state index contributed by atoms with van der Waals surface area (Å²) in [6.45, 7) is 12.1. The Kier molecular flexibility index (Phi) is 6.59. The van der Waals surface area contributed by atoms with Crippen LogP contribution in [0.15, 0.2) is 18.2 Å². The summed E-state index contributed by atoms with van der Waals surface area (Å²) in [5.41, 5.74) is 3.32. The lowest BCUT2D eigenvalue weighted by molar-refractivity contribution is 0.226. The number of nitrogens with zero attached hydrogens (tertiary/aromatic N) is 2. The van der Waals surface area contributed by atoms with Gasteiger partial charge in [0.15, 0.2) is 0 Å². The molecule has 1 rings (SSSR count). The van der Waals surface area contributed by atoms with E-state index in [-0.39, 0.29) is 0 Å². The van der Waals surface area contributed by atoms with Crippen LogP contribution in [0.4, 0.5) is 0 Å². The lowest BCUT2D eigenvalue weighted by Crippen LogP contribution is -2.29. The van der Waals surface area contributed by atoms with Crippen molar-refractivity contribution in [3.8, 4) is 6.07 Å². The number of benzene rings is 1. The minimum absolute atomic E-state index is 0.754. The zero-order chi connectivity index (χ0) is 14.3. The Morgan fingerprint density at radius 3 is 2.37 bits per heavy atom. The van der Waals surface area contributed by atoms with Crippen molar-refractivity contribution in [1.82, 2.24) is 4.90 Å². The Morgan fingerprint density at radius 1 is 1.21 bits per heavy atom. The average molecular weight is 258 g/mol. The van der Waals surface area contributed by atoms with Gasteiger partial charge in [0, 0.05) is 13.1 Å². The molecular formula is C17H26N2. The standard InChI is InChI=1S/C17H26N2/c1-5-15(6-2)12-19(7-3)13-17-9-8-16(11-18)10-14(17)4/h8-10,15H,5-7,12-13H2,1-4H3. The van der Waals surface area contributed by atoms with E-state index in [0.29, 0.717) is 0 Å². The van der Waals surface area contributed by atoms with Crippen molar-refractivity contribution in [3.63, 3.8) is 0 Å². The molecule has 0 heterocycles. The highest BCUT2D eigenvalue weighted by Gasteiger charge is 2.11. The third kappa shape index (κ3) is 4.69. The first kappa shape index (κ1) is 15.7. The Labute approximate surface area is 118 Å². The van der Waals surface area contributed by atoms with Gasteiger partial charge in [-0.3, -0.25) is 4.90 Å². The molecule has 2 heteroatoms. The first-order valence-corrected chi connectivity index (χ1v) is 7.36. The van der Waals surface area contributed by atoms with Crippen LogP contribution >= 0.6 is 0 Å². The Bertz CT molecular complexity index is 427. The van der Waals surface area contributed by atoms with Crippen LogP contribution in [0.1, 0.15) is 50.3 Å². The normalized spacial score (nSPS) is 11.0. The third-order valence-electron chi connectivity index (χ3n) is 3.98. The summed E-state index contributed by atoms with van der Waals surface area (Å²) in [4.78, 5) is 2.51. The van der Waals surface area contributed by atoms with Gasteiger partial charge in [-0.25, -0.2) is 0 Å². The first-order valence-electron chi connectivity index (χ1n) is 7.36. The van der Waals surface area contributed by atoms with Crippen LogP contribution in [0.3, 0.4) is 0 Å². The van der Waals surface area contributed by atoms with Crippen LogP contribution in [0.5, 0.6) is 0 Å². The minimum atomic E-state index is 0.754. The van der Waals surface area contributed by atoms with Crippen molar-refractivity contribution in [1.29, 1.82) is 5.26 Å². The molecule has 19 heavy (non-hydrogen) atoms. The van der Waals surface area contributed by atoms with Crippen LogP contribution in [0.2, 0.25) is 0 Å². The quantitative estimate of drug-likeness (QED) is 0.735. The molecule has 2 nitrogen and oxygen atoms in total. The molecule has 0 radical (unpaired) electrons. The van der Waals surface area contributed by atoms with E-state index in [1.165, 1.54) is 30.5 Å². The first-order chi connectivity index (χ1) is 9.14. The molecule has 0 aliphatic heterocycles. The minimum Gasteiger partial charge on any atom is -0.299 e. The fourth-order valence-electron chi connectivity index (χ4n) is 2.40. The number of aryl methyl sites for hydroxylation is 1. The van der Waals surface area contributed by atoms with Crippen LogP contribution in [-0.2, 0) is 6.54 Å². The topological polar surface area (TPSA) is 27.0 Å². The highest BCUT2D eigenvalue weighted by molar-refractivity contribution is 5.37. The summed E-state index contributed by atoms with van der Waals surface area (Å²) < 4.78 is 0. The lowest BCUT2D eigenvalue weighted by Gasteiger charge is -2.26. The molecule has 0 unspecified atom stereocenters. The highest BCUT2D eigenvalue weighted by Crippen LogP contribution is 2.16. The van der Waals surface area contributed by atoms with Gasteiger partial charge in [-0.2, -0.15) is 5.26 Å². The van der Waals surface area contributed by atoms with Gasteiger partial charge < -0.3 is 0 Å². The van der Waals surface area contributed by atoms with Gasteiger partial charge in [0.25, 0.3) is 0 Å². The SMILES string of the molecule is CCC(CC)CN(CC)Cc1ccc(C#N)cc1C. The van der Waals surface area contributed by atoms with Crippen molar-refractivity contribution in [3.05, 3.63) is 34.9 Å². The maximum absolute atomic E-state index is 8.90. The molecule has 0 fully saturated rings. The molecule has 0 saturated heterocycles. The molecule has 0 aliphatic rings. The number of rotatable bonds is 7. The van der Waals surface area contributed by atoms with Crippen LogP contribution in [0, 0.1) is 24.2 Å². The van der Waals surface area contributed by atoms with E-state index in [1.807, 2.05) is 12.1 Å². The van der Waals surface area contributed by atoms with E-state index >= 15 is 0 Å². The van der Waals surface area contributed by atoms with Crippen LogP contribution in [0.25, 0.3) is 0 Å². The van der Waals surface area contributed by atoms with Gasteiger partial charge in [-0.05, 0) is 42.6 Å². The smallest absolute Gasteiger partial charge is 0.0991 e. The summed E-state index contributed by atoms with van der Waals surface area (Å²) in [5.74, 6) is 0.790. The molecule has 1 aromatic rings. The van der Waals surface area contributed by atoms with Gasteiger partial charge in [0.05, 0.1) is 11.6 Å². The molecular weight excluding hydrogens is 232 g/mol. The van der Waals surface area contributed by atoms with E-state index in [4.69, 9.17) is 5.26 Å². The van der Waals surface area contributed by atoms with E-state index in [1.54, 1.807) is 0 Å². The summed E-state index contributed by atoms with van der Waals surface area (Å²) in [6.07, 6.45) is 2.50. The van der Waals surface area contributed by atoms with Crippen molar-refractivity contribution < 1.29 is 0 Å². The predicted octanol–water partition coefficient (Wildman–Crippen LogP) is 4.12. The Morgan fingerprint density at radius 2 is 1.89 bits per heavy atom. The van der Waals surface area contributed by atoms with E-state index in [2.05, 4.69) is 44.7 Å². The highest BCUT2D eigenvalue weighted by atomic mass is 15.1. The van der Waals surface area contributed by atoms with Crippen molar-refractivity contribution in [2.24, 2.45) is 5.92 Å². The summed E-state index contributed by atoms with van der Waals surface area (Å²) in [7, 11) is 0. The summed E-state index contributed by atoms with van der Waals surface area (Å²) in [6, 6.07) is 8.21. The molecule has 0 aliphatic carbocycles.